The Morgan fingerprint density at radius 2 is 2.17 bits per heavy atom. The zero-order valence-corrected chi connectivity index (χ0v) is 11.1. The molecule has 1 rings (SSSR count). The molecule has 0 atom stereocenters. The second-order valence-electron chi connectivity index (χ2n) is 3.76. The fraction of sp³-hybridized carbons (Fsp3) is 0.250. The van der Waals surface area contributed by atoms with E-state index in [0.717, 1.165) is 10.6 Å². The molecule has 1 aromatic carbocycles. The predicted octanol–water partition coefficient (Wildman–Crippen LogP) is 2.41. The van der Waals surface area contributed by atoms with Gasteiger partial charge >= 0.3 is 0 Å². The van der Waals surface area contributed by atoms with Gasteiger partial charge in [0.2, 0.25) is 5.71 Å². The van der Waals surface area contributed by atoms with Crippen LogP contribution in [0.25, 0.3) is 0 Å². The van der Waals surface area contributed by atoms with Gasteiger partial charge in [-0.2, -0.15) is 10.4 Å². The third-order valence-electron chi connectivity index (χ3n) is 1.90. The molecule has 0 aliphatic rings. The zero-order valence-electron chi connectivity index (χ0n) is 10.3. The number of nitrogens with one attached hydrogen (secondary N) is 2. The number of rotatable bonds is 5. The van der Waals surface area contributed by atoms with Gasteiger partial charge in [0.1, 0.15) is 6.07 Å². The molecule has 0 aliphatic heterocycles. The Balaban J connectivity index is 2.91. The van der Waals surface area contributed by atoms with E-state index in [0.29, 0.717) is 5.25 Å². The van der Waals surface area contributed by atoms with Gasteiger partial charge in [0.05, 0.1) is 5.69 Å². The van der Waals surface area contributed by atoms with Crippen LogP contribution in [0, 0.1) is 16.7 Å². The topological polar surface area (TPSA) is 98.0 Å². The Bertz CT molecular complexity index is 501. The molecule has 0 fully saturated rings. The average Bonchev–Trinajstić information content (AvgIpc) is 2.30. The molecular formula is C12H15N5S. The van der Waals surface area contributed by atoms with Crippen molar-refractivity contribution in [3.8, 4) is 6.07 Å². The van der Waals surface area contributed by atoms with E-state index in [-0.39, 0.29) is 11.5 Å². The minimum Gasteiger partial charge on any atom is -0.382 e. The molecule has 0 heterocycles. The molecule has 0 aliphatic carbocycles. The van der Waals surface area contributed by atoms with E-state index in [1.165, 1.54) is 0 Å². The number of nitrogens with zero attached hydrogens (tertiary/aromatic N) is 2. The molecule has 94 valence electrons. The standard InChI is InChI=1S/C12H15N5S/c1-8(2)18-11-6-4-3-5-9(11)16-17-10(7-13)12(14)15/h3-6,8,16H,1-2H3,(H3,14,15)/b17-10+. The maximum absolute atomic E-state index is 8.74. The van der Waals surface area contributed by atoms with Crippen LogP contribution in [0.3, 0.4) is 0 Å². The molecule has 0 saturated carbocycles. The lowest BCUT2D eigenvalue weighted by atomic mass is 10.3. The molecule has 5 nitrogen and oxygen atoms in total. The van der Waals surface area contributed by atoms with E-state index in [2.05, 4.69) is 24.4 Å². The Kier molecular flexibility index (Phi) is 5.21. The molecule has 4 N–H and O–H groups in total. The van der Waals surface area contributed by atoms with Gasteiger partial charge in [0.25, 0.3) is 0 Å². The van der Waals surface area contributed by atoms with Crippen molar-refractivity contribution in [2.24, 2.45) is 10.8 Å². The summed E-state index contributed by atoms with van der Waals surface area (Å²) in [5.41, 5.74) is 8.66. The maximum atomic E-state index is 8.74. The van der Waals surface area contributed by atoms with Crippen LogP contribution < -0.4 is 11.2 Å². The van der Waals surface area contributed by atoms with E-state index in [1.807, 2.05) is 24.3 Å². The first-order valence-electron chi connectivity index (χ1n) is 5.38. The number of hydrogen-bond acceptors (Lipinski definition) is 5. The van der Waals surface area contributed by atoms with E-state index in [9.17, 15) is 0 Å². The van der Waals surface area contributed by atoms with Gasteiger partial charge in [-0.3, -0.25) is 10.8 Å². The summed E-state index contributed by atoms with van der Waals surface area (Å²) in [5.74, 6) is -0.348. The van der Waals surface area contributed by atoms with Gasteiger partial charge in [0.15, 0.2) is 5.84 Å². The van der Waals surface area contributed by atoms with Crippen LogP contribution in [0.4, 0.5) is 5.69 Å². The summed E-state index contributed by atoms with van der Waals surface area (Å²) in [4.78, 5) is 1.04. The Labute approximate surface area is 111 Å². The molecule has 0 unspecified atom stereocenters. The maximum Gasteiger partial charge on any atom is 0.201 e. The molecular weight excluding hydrogens is 246 g/mol. The highest BCUT2D eigenvalue weighted by atomic mass is 32.2. The van der Waals surface area contributed by atoms with Crippen LogP contribution in [-0.2, 0) is 0 Å². The second-order valence-corrected chi connectivity index (χ2v) is 5.38. The Morgan fingerprint density at radius 1 is 1.50 bits per heavy atom. The van der Waals surface area contributed by atoms with Crippen molar-refractivity contribution < 1.29 is 0 Å². The number of anilines is 1. The average molecular weight is 261 g/mol. The molecule has 0 aromatic heterocycles. The molecule has 1 aromatic rings. The minimum absolute atomic E-state index is 0.126. The SMILES string of the molecule is CC(C)Sc1ccccc1N/N=C(\C#N)C(=N)N. The molecule has 0 spiro atoms. The highest BCUT2D eigenvalue weighted by molar-refractivity contribution is 8.00. The monoisotopic (exact) mass is 261 g/mol. The lowest BCUT2D eigenvalue weighted by Gasteiger charge is -2.10. The van der Waals surface area contributed by atoms with E-state index >= 15 is 0 Å². The third-order valence-corrected chi connectivity index (χ3v) is 2.98. The summed E-state index contributed by atoms with van der Waals surface area (Å²) in [7, 11) is 0. The summed E-state index contributed by atoms with van der Waals surface area (Å²) in [5, 5.41) is 20.2. The van der Waals surface area contributed by atoms with Gasteiger partial charge in [-0.15, -0.1) is 11.8 Å². The van der Waals surface area contributed by atoms with Crippen LogP contribution in [-0.4, -0.2) is 16.8 Å². The van der Waals surface area contributed by atoms with Crippen LogP contribution in [0.5, 0.6) is 0 Å². The van der Waals surface area contributed by atoms with Crippen molar-refractivity contribution in [2.45, 2.75) is 24.0 Å². The van der Waals surface area contributed by atoms with Gasteiger partial charge < -0.3 is 5.73 Å². The predicted molar refractivity (Wildman–Crippen MR) is 76.0 cm³/mol. The first-order chi connectivity index (χ1) is 8.54. The highest BCUT2D eigenvalue weighted by Crippen LogP contribution is 2.29. The number of hydrogen-bond donors (Lipinski definition) is 3. The van der Waals surface area contributed by atoms with Gasteiger partial charge in [0, 0.05) is 10.1 Å². The quantitative estimate of drug-likeness (QED) is 0.328. The first kappa shape index (κ1) is 14.1. The molecule has 6 heteroatoms. The van der Waals surface area contributed by atoms with Crippen LogP contribution in [0.1, 0.15) is 13.8 Å². The molecule has 0 saturated heterocycles. The second kappa shape index (κ2) is 6.67. The smallest absolute Gasteiger partial charge is 0.201 e. The first-order valence-corrected chi connectivity index (χ1v) is 6.26. The van der Waals surface area contributed by atoms with E-state index in [4.69, 9.17) is 16.4 Å². The summed E-state index contributed by atoms with van der Waals surface area (Å²) < 4.78 is 0. The zero-order chi connectivity index (χ0) is 13.5. The Hall–Kier alpha value is -2.00. The van der Waals surface area contributed by atoms with Crippen molar-refractivity contribution in [2.75, 3.05) is 5.43 Å². The summed E-state index contributed by atoms with van der Waals surface area (Å²) in [6.45, 7) is 4.20. The van der Waals surface area contributed by atoms with Crippen molar-refractivity contribution in [3.05, 3.63) is 24.3 Å². The largest absolute Gasteiger partial charge is 0.382 e. The highest BCUT2D eigenvalue weighted by Gasteiger charge is 2.05. The Morgan fingerprint density at radius 3 is 2.72 bits per heavy atom. The fourth-order valence-electron chi connectivity index (χ4n) is 1.18. The number of amidine groups is 1. The lowest BCUT2D eigenvalue weighted by Crippen LogP contribution is -2.21. The number of thioether (sulfide) groups is 1. The molecule has 0 amide bonds. The third kappa shape index (κ3) is 4.11. The fourth-order valence-corrected chi connectivity index (χ4v) is 2.08. The summed E-state index contributed by atoms with van der Waals surface area (Å²) >= 11 is 1.69. The van der Waals surface area contributed by atoms with Crippen LogP contribution in [0.15, 0.2) is 34.3 Å². The van der Waals surface area contributed by atoms with Crippen molar-refractivity contribution in [1.29, 1.82) is 10.7 Å². The van der Waals surface area contributed by atoms with Gasteiger partial charge in [-0.05, 0) is 12.1 Å². The van der Waals surface area contributed by atoms with Gasteiger partial charge in [-0.25, -0.2) is 0 Å². The van der Waals surface area contributed by atoms with Crippen molar-refractivity contribution in [1.82, 2.24) is 0 Å². The van der Waals surface area contributed by atoms with Crippen LogP contribution >= 0.6 is 11.8 Å². The van der Waals surface area contributed by atoms with E-state index in [1.54, 1.807) is 17.8 Å². The number of para-hydroxylation sites is 1. The van der Waals surface area contributed by atoms with Crippen LogP contribution in [0.2, 0.25) is 0 Å². The van der Waals surface area contributed by atoms with E-state index < -0.39 is 0 Å². The molecule has 0 bridgehead atoms. The number of hydrazone groups is 1. The number of nitrogens with two attached hydrogens (primary N) is 1. The number of nitriles is 1. The number of benzene rings is 1. The summed E-state index contributed by atoms with van der Waals surface area (Å²) in [6.07, 6.45) is 0. The minimum atomic E-state index is -0.348. The van der Waals surface area contributed by atoms with Gasteiger partial charge in [-0.1, -0.05) is 26.0 Å². The lowest BCUT2D eigenvalue weighted by molar-refractivity contribution is 1.11. The normalized spacial score (nSPS) is 11.1. The molecule has 18 heavy (non-hydrogen) atoms. The van der Waals surface area contributed by atoms with Crippen molar-refractivity contribution >= 4 is 29.0 Å². The van der Waals surface area contributed by atoms with Crippen molar-refractivity contribution in [3.63, 3.8) is 0 Å². The summed E-state index contributed by atoms with van der Waals surface area (Å²) in [6, 6.07) is 9.42. The molecule has 0 radical (unpaired) electrons.